The van der Waals surface area contributed by atoms with Crippen LogP contribution in [-0.2, 0) is 0 Å². The summed E-state index contributed by atoms with van der Waals surface area (Å²) < 4.78 is 0. The fraction of sp³-hybridized carbons (Fsp3) is 1.00. The number of rotatable bonds is 4. The second-order valence-electron chi connectivity index (χ2n) is 3.41. The second kappa shape index (κ2) is 7.10. The molecule has 0 amide bonds. The van der Waals surface area contributed by atoms with Crippen LogP contribution in [-0.4, -0.2) is 56.4 Å². The molecule has 0 aliphatic rings. The molecule has 0 bridgehead atoms. The lowest BCUT2D eigenvalue weighted by Crippen LogP contribution is -2.29. The molecule has 6 N–H and O–H groups in total. The van der Waals surface area contributed by atoms with Crippen molar-refractivity contribution in [1.82, 2.24) is 0 Å². The lowest BCUT2D eigenvalue weighted by Gasteiger charge is -2.20. The second-order valence-corrected chi connectivity index (χ2v) is 3.41. The van der Waals surface area contributed by atoms with Crippen LogP contribution in [0.1, 0.15) is 20.3 Å². The summed E-state index contributed by atoms with van der Waals surface area (Å²) in [6.07, 6.45) is -0.0625. The van der Waals surface area contributed by atoms with Gasteiger partial charge < -0.3 is 30.6 Å². The molecule has 0 spiro atoms. The Morgan fingerprint density at radius 3 is 1.07 bits per heavy atom. The van der Waals surface area contributed by atoms with Gasteiger partial charge in [0.05, 0.1) is 19.8 Å². The molecule has 6 heteroatoms. The van der Waals surface area contributed by atoms with Crippen LogP contribution in [0.25, 0.3) is 0 Å². The van der Waals surface area contributed by atoms with Crippen LogP contribution in [0.4, 0.5) is 0 Å². The highest BCUT2D eigenvalue weighted by Gasteiger charge is 2.20. The third-order valence-electron chi connectivity index (χ3n) is 1.62. The standard InChI is InChI=1S/C5H12O3.C3H8O3/c1-5(2-6,3-7)4-8;1-2-3(4,5)6/h6-8H,2-4H2,1H3;4-6H,2H2,1H3. The SMILES string of the molecule is CC(CO)(CO)CO.CCC(O)(O)O. The third kappa shape index (κ3) is 9.85. The highest BCUT2D eigenvalue weighted by molar-refractivity contribution is 4.69. The molecular weight excluding hydrogens is 192 g/mol. The van der Waals surface area contributed by atoms with Crippen molar-refractivity contribution in [2.24, 2.45) is 5.41 Å². The van der Waals surface area contributed by atoms with Gasteiger partial charge in [0.2, 0.25) is 0 Å². The van der Waals surface area contributed by atoms with Crippen molar-refractivity contribution in [3.8, 4) is 0 Å². The van der Waals surface area contributed by atoms with E-state index in [1.165, 1.54) is 6.92 Å². The Balaban J connectivity index is 0. The maximum Gasteiger partial charge on any atom is 0.274 e. The first-order valence-electron chi connectivity index (χ1n) is 4.24. The minimum atomic E-state index is -2.46. The first kappa shape index (κ1) is 16.2. The monoisotopic (exact) mass is 212 g/mol. The number of aliphatic hydroxyl groups is 6. The van der Waals surface area contributed by atoms with Gasteiger partial charge in [-0.2, -0.15) is 0 Å². The molecule has 0 aliphatic carbocycles. The molecule has 0 atom stereocenters. The zero-order valence-corrected chi connectivity index (χ0v) is 8.51. The molecule has 0 saturated heterocycles. The van der Waals surface area contributed by atoms with Gasteiger partial charge in [0.1, 0.15) is 0 Å². The van der Waals surface area contributed by atoms with Gasteiger partial charge in [-0.25, -0.2) is 0 Å². The largest absolute Gasteiger partial charge is 0.396 e. The summed E-state index contributed by atoms with van der Waals surface area (Å²) in [6.45, 7) is 2.52. The van der Waals surface area contributed by atoms with Gasteiger partial charge in [-0.3, -0.25) is 0 Å². The van der Waals surface area contributed by atoms with E-state index in [0.717, 1.165) is 0 Å². The summed E-state index contributed by atoms with van der Waals surface area (Å²) in [5, 5.41) is 49.2. The van der Waals surface area contributed by atoms with Crippen molar-refractivity contribution < 1.29 is 30.6 Å². The van der Waals surface area contributed by atoms with Crippen molar-refractivity contribution in [2.45, 2.75) is 26.2 Å². The Morgan fingerprint density at radius 2 is 1.07 bits per heavy atom. The molecule has 0 unspecified atom stereocenters. The number of hydrogen-bond donors (Lipinski definition) is 6. The molecule has 0 heterocycles. The van der Waals surface area contributed by atoms with Crippen molar-refractivity contribution in [2.75, 3.05) is 19.8 Å². The minimum absolute atomic E-state index is 0.0625. The van der Waals surface area contributed by atoms with Crippen molar-refractivity contribution in [3.05, 3.63) is 0 Å². The fourth-order valence-electron chi connectivity index (χ4n) is 0.150. The van der Waals surface area contributed by atoms with Gasteiger partial charge in [-0.15, -0.1) is 0 Å². The predicted molar refractivity (Wildman–Crippen MR) is 49.0 cm³/mol. The van der Waals surface area contributed by atoms with E-state index in [4.69, 9.17) is 30.6 Å². The zero-order chi connectivity index (χ0) is 11.8. The van der Waals surface area contributed by atoms with Gasteiger partial charge in [-0.1, -0.05) is 13.8 Å². The highest BCUT2D eigenvalue weighted by Crippen LogP contribution is 2.10. The Kier molecular flexibility index (Phi) is 8.22. The molecule has 0 aromatic carbocycles. The Bertz CT molecular complexity index is 118. The van der Waals surface area contributed by atoms with E-state index in [1.807, 2.05) is 0 Å². The van der Waals surface area contributed by atoms with Gasteiger partial charge >= 0.3 is 0 Å². The van der Waals surface area contributed by atoms with Crippen molar-refractivity contribution in [1.29, 1.82) is 0 Å². The van der Waals surface area contributed by atoms with E-state index in [0.29, 0.717) is 0 Å². The van der Waals surface area contributed by atoms with E-state index in [-0.39, 0.29) is 26.2 Å². The average Bonchev–Trinajstić information content (AvgIpc) is 2.16. The Morgan fingerprint density at radius 1 is 0.857 bits per heavy atom. The summed E-state index contributed by atoms with van der Waals surface area (Å²) >= 11 is 0. The van der Waals surface area contributed by atoms with Gasteiger partial charge in [0, 0.05) is 11.8 Å². The van der Waals surface area contributed by atoms with E-state index >= 15 is 0 Å². The molecule has 0 aliphatic heterocycles. The van der Waals surface area contributed by atoms with Crippen LogP contribution in [0.2, 0.25) is 0 Å². The molecule has 0 saturated carbocycles. The van der Waals surface area contributed by atoms with Crippen molar-refractivity contribution >= 4 is 0 Å². The first-order valence-corrected chi connectivity index (χ1v) is 4.24. The van der Waals surface area contributed by atoms with Crippen molar-refractivity contribution in [3.63, 3.8) is 0 Å². The maximum atomic E-state index is 8.47. The lowest BCUT2D eigenvalue weighted by molar-refractivity contribution is -0.312. The van der Waals surface area contributed by atoms with Gasteiger partial charge in [-0.05, 0) is 0 Å². The molecule has 0 rings (SSSR count). The molecule has 0 aromatic heterocycles. The molecule has 0 aromatic rings. The zero-order valence-electron chi connectivity index (χ0n) is 8.51. The topological polar surface area (TPSA) is 121 Å². The first-order chi connectivity index (χ1) is 6.24. The summed E-state index contributed by atoms with van der Waals surface area (Å²) in [6, 6.07) is 0. The smallest absolute Gasteiger partial charge is 0.274 e. The van der Waals surface area contributed by atoms with Crippen LogP contribution in [0, 0.1) is 5.41 Å². The summed E-state index contributed by atoms with van der Waals surface area (Å²) in [5.74, 6) is -2.46. The normalized spacial score (nSPS) is 12.0. The molecular formula is C8H20O6. The summed E-state index contributed by atoms with van der Waals surface area (Å²) in [5.41, 5.74) is -0.708. The van der Waals surface area contributed by atoms with E-state index in [9.17, 15) is 0 Å². The predicted octanol–water partition coefficient (Wildman–Crippen LogP) is -2.00. The molecule has 6 nitrogen and oxygen atoms in total. The quantitative estimate of drug-likeness (QED) is 0.300. The summed E-state index contributed by atoms with van der Waals surface area (Å²) in [4.78, 5) is 0. The van der Waals surface area contributed by atoms with Crippen LogP contribution < -0.4 is 0 Å². The molecule has 0 radical (unpaired) electrons. The minimum Gasteiger partial charge on any atom is -0.396 e. The van der Waals surface area contributed by atoms with E-state index in [2.05, 4.69) is 0 Å². The molecule has 0 fully saturated rings. The molecule has 88 valence electrons. The van der Waals surface area contributed by atoms with Crippen LogP contribution >= 0.6 is 0 Å². The number of hydrogen-bond acceptors (Lipinski definition) is 6. The van der Waals surface area contributed by atoms with Crippen LogP contribution in [0.3, 0.4) is 0 Å². The van der Waals surface area contributed by atoms with Crippen LogP contribution in [0.15, 0.2) is 0 Å². The Hall–Kier alpha value is -0.240. The highest BCUT2D eigenvalue weighted by atomic mass is 16.7. The fourth-order valence-corrected chi connectivity index (χ4v) is 0.150. The van der Waals surface area contributed by atoms with Gasteiger partial charge in [0.25, 0.3) is 5.97 Å². The van der Waals surface area contributed by atoms with Gasteiger partial charge in [0.15, 0.2) is 0 Å². The van der Waals surface area contributed by atoms with E-state index < -0.39 is 11.4 Å². The summed E-state index contributed by atoms with van der Waals surface area (Å²) in [7, 11) is 0. The third-order valence-corrected chi connectivity index (χ3v) is 1.62. The lowest BCUT2D eigenvalue weighted by atomic mass is 9.95. The Labute approximate surface area is 83.1 Å². The van der Waals surface area contributed by atoms with E-state index in [1.54, 1.807) is 6.92 Å². The average molecular weight is 212 g/mol. The number of aliphatic hydroxyl groups excluding tert-OH is 3. The van der Waals surface area contributed by atoms with Crippen LogP contribution in [0.5, 0.6) is 0 Å². The maximum absolute atomic E-state index is 8.47. The molecule has 14 heavy (non-hydrogen) atoms.